The van der Waals surface area contributed by atoms with Crippen molar-refractivity contribution < 1.29 is 24.1 Å². The van der Waals surface area contributed by atoms with Crippen molar-refractivity contribution in [2.75, 3.05) is 27.4 Å². The smallest absolute Gasteiger partial charge is 0.339 e. The molecular formula is C11H13ClO5. The highest BCUT2D eigenvalue weighted by atomic mass is 35.5. The van der Waals surface area contributed by atoms with Gasteiger partial charge in [-0.2, -0.15) is 0 Å². The van der Waals surface area contributed by atoms with Crippen LogP contribution in [0.5, 0.6) is 11.5 Å². The zero-order chi connectivity index (χ0) is 12.8. The van der Waals surface area contributed by atoms with E-state index in [0.717, 1.165) is 0 Å². The molecule has 6 heteroatoms. The molecule has 0 saturated heterocycles. The van der Waals surface area contributed by atoms with Gasteiger partial charge in [0, 0.05) is 18.2 Å². The average molecular weight is 261 g/mol. The number of hydrogen-bond donors (Lipinski definition) is 1. The van der Waals surface area contributed by atoms with Gasteiger partial charge in [0.15, 0.2) is 11.5 Å². The van der Waals surface area contributed by atoms with Crippen LogP contribution in [0.15, 0.2) is 12.1 Å². The maximum Gasteiger partial charge on any atom is 0.339 e. The van der Waals surface area contributed by atoms with Crippen LogP contribution in [0.4, 0.5) is 0 Å². The van der Waals surface area contributed by atoms with Crippen LogP contribution < -0.4 is 9.47 Å². The van der Waals surface area contributed by atoms with Gasteiger partial charge in [-0.1, -0.05) is 11.6 Å². The summed E-state index contributed by atoms with van der Waals surface area (Å²) in [6.07, 6.45) is 0. The fourth-order valence-corrected chi connectivity index (χ4v) is 1.46. The molecule has 94 valence electrons. The Labute approximate surface area is 104 Å². The molecular weight excluding hydrogens is 248 g/mol. The third-order valence-corrected chi connectivity index (χ3v) is 2.22. The predicted octanol–water partition coefficient (Wildman–Crippen LogP) is 2.07. The zero-order valence-corrected chi connectivity index (χ0v) is 10.3. The number of carboxylic acid groups (broad SMARTS) is 1. The van der Waals surface area contributed by atoms with Gasteiger partial charge in [0.05, 0.1) is 13.7 Å². The fraction of sp³-hybridized carbons (Fsp3) is 0.364. The summed E-state index contributed by atoms with van der Waals surface area (Å²) in [6, 6.07) is 2.81. The van der Waals surface area contributed by atoms with Gasteiger partial charge in [-0.15, -0.1) is 0 Å². The van der Waals surface area contributed by atoms with Crippen LogP contribution in [-0.4, -0.2) is 38.5 Å². The quantitative estimate of drug-likeness (QED) is 0.793. The van der Waals surface area contributed by atoms with Crippen LogP contribution in [0.1, 0.15) is 10.4 Å². The Morgan fingerprint density at radius 1 is 1.35 bits per heavy atom. The predicted molar refractivity (Wildman–Crippen MR) is 62.3 cm³/mol. The number of carboxylic acids is 1. The molecule has 0 aliphatic carbocycles. The van der Waals surface area contributed by atoms with Gasteiger partial charge in [0.25, 0.3) is 0 Å². The van der Waals surface area contributed by atoms with Crippen LogP contribution in [0.2, 0.25) is 5.02 Å². The normalized spacial score (nSPS) is 10.1. The molecule has 0 bridgehead atoms. The highest BCUT2D eigenvalue weighted by molar-refractivity contribution is 6.31. The summed E-state index contributed by atoms with van der Waals surface area (Å²) in [6.45, 7) is 0.583. The maximum absolute atomic E-state index is 11.0. The SMILES string of the molecule is COCCOc1c(OC)cc(Cl)cc1C(=O)O. The van der Waals surface area contributed by atoms with E-state index in [2.05, 4.69) is 0 Å². The van der Waals surface area contributed by atoms with Gasteiger partial charge < -0.3 is 19.3 Å². The van der Waals surface area contributed by atoms with E-state index in [1.54, 1.807) is 0 Å². The van der Waals surface area contributed by atoms with E-state index >= 15 is 0 Å². The van der Waals surface area contributed by atoms with Crippen molar-refractivity contribution in [2.24, 2.45) is 0 Å². The highest BCUT2D eigenvalue weighted by Gasteiger charge is 2.18. The molecule has 0 aromatic heterocycles. The lowest BCUT2D eigenvalue weighted by Crippen LogP contribution is -2.09. The molecule has 1 N–H and O–H groups in total. The van der Waals surface area contributed by atoms with Crippen LogP contribution >= 0.6 is 11.6 Å². The summed E-state index contributed by atoms with van der Waals surface area (Å²) >= 11 is 5.78. The number of rotatable bonds is 6. The van der Waals surface area contributed by atoms with Crippen molar-refractivity contribution >= 4 is 17.6 Å². The van der Waals surface area contributed by atoms with E-state index in [0.29, 0.717) is 6.61 Å². The Hall–Kier alpha value is -1.46. The summed E-state index contributed by atoms with van der Waals surface area (Å²) in [4.78, 5) is 11.0. The van der Waals surface area contributed by atoms with Crippen LogP contribution in [0.25, 0.3) is 0 Å². The summed E-state index contributed by atoms with van der Waals surface area (Å²) in [5, 5.41) is 9.32. The third kappa shape index (κ3) is 3.51. The van der Waals surface area contributed by atoms with E-state index in [-0.39, 0.29) is 28.7 Å². The van der Waals surface area contributed by atoms with E-state index in [1.807, 2.05) is 0 Å². The lowest BCUT2D eigenvalue weighted by molar-refractivity contribution is 0.0688. The number of methoxy groups -OCH3 is 2. The number of halogens is 1. The van der Waals surface area contributed by atoms with Gasteiger partial charge >= 0.3 is 5.97 Å². The van der Waals surface area contributed by atoms with Crippen molar-refractivity contribution in [1.29, 1.82) is 0 Å². The Kier molecular flexibility index (Phi) is 5.06. The molecule has 0 aliphatic rings. The highest BCUT2D eigenvalue weighted by Crippen LogP contribution is 2.34. The summed E-state index contributed by atoms with van der Waals surface area (Å²) in [7, 11) is 2.95. The number of ether oxygens (including phenoxy) is 3. The molecule has 0 fully saturated rings. The van der Waals surface area contributed by atoms with Gasteiger partial charge in [-0.3, -0.25) is 0 Å². The average Bonchev–Trinajstić information content (AvgIpc) is 2.30. The molecule has 5 nitrogen and oxygen atoms in total. The molecule has 0 atom stereocenters. The monoisotopic (exact) mass is 260 g/mol. The fourth-order valence-electron chi connectivity index (χ4n) is 1.26. The Morgan fingerprint density at radius 3 is 2.59 bits per heavy atom. The Morgan fingerprint density at radius 2 is 2.06 bits per heavy atom. The van der Waals surface area contributed by atoms with E-state index in [4.69, 9.17) is 30.9 Å². The van der Waals surface area contributed by atoms with Crippen LogP contribution in [0, 0.1) is 0 Å². The van der Waals surface area contributed by atoms with Crippen LogP contribution in [0.3, 0.4) is 0 Å². The number of aromatic carboxylic acids is 1. The second-order valence-corrected chi connectivity index (χ2v) is 3.57. The van der Waals surface area contributed by atoms with E-state index < -0.39 is 5.97 Å². The molecule has 17 heavy (non-hydrogen) atoms. The molecule has 0 saturated carbocycles. The molecule has 0 unspecified atom stereocenters. The Balaban J connectivity index is 3.08. The van der Waals surface area contributed by atoms with Crippen molar-refractivity contribution in [2.45, 2.75) is 0 Å². The van der Waals surface area contributed by atoms with Crippen molar-refractivity contribution in [3.63, 3.8) is 0 Å². The molecule has 0 heterocycles. The molecule has 0 amide bonds. The number of carbonyl (C=O) groups is 1. The molecule has 0 aliphatic heterocycles. The third-order valence-electron chi connectivity index (χ3n) is 2.00. The first-order valence-corrected chi connectivity index (χ1v) is 5.20. The van der Waals surface area contributed by atoms with E-state index in [1.165, 1.54) is 26.4 Å². The maximum atomic E-state index is 11.0. The zero-order valence-electron chi connectivity index (χ0n) is 9.53. The lowest BCUT2D eigenvalue weighted by Gasteiger charge is -2.13. The minimum absolute atomic E-state index is 0.0366. The molecule has 0 spiro atoms. The van der Waals surface area contributed by atoms with Crippen molar-refractivity contribution in [3.05, 3.63) is 22.7 Å². The standard InChI is InChI=1S/C11H13ClO5/c1-15-3-4-17-10-8(11(13)14)5-7(12)6-9(10)16-2/h5-6H,3-4H2,1-2H3,(H,13,14). The largest absolute Gasteiger partial charge is 0.493 e. The van der Waals surface area contributed by atoms with Gasteiger partial charge in [0.2, 0.25) is 0 Å². The van der Waals surface area contributed by atoms with Gasteiger partial charge in [-0.05, 0) is 6.07 Å². The van der Waals surface area contributed by atoms with E-state index in [9.17, 15) is 4.79 Å². The second-order valence-electron chi connectivity index (χ2n) is 3.13. The summed E-state index contributed by atoms with van der Waals surface area (Å²) in [5.41, 5.74) is -0.0366. The Bertz CT molecular complexity index is 405. The minimum Gasteiger partial charge on any atom is -0.493 e. The lowest BCUT2D eigenvalue weighted by atomic mass is 10.2. The molecule has 0 radical (unpaired) electrons. The summed E-state index contributed by atoms with van der Waals surface area (Å²) < 4.78 is 15.2. The van der Waals surface area contributed by atoms with Crippen LogP contribution in [-0.2, 0) is 4.74 Å². The minimum atomic E-state index is -1.13. The van der Waals surface area contributed by atoms with Crippen molar-refractivity contribution in [1.82, 2.24) is 0 Å². The first kappa shape index (κ1) is 13.6. The van der Waals surface area contributed by atoms with Crippen molar-refractivity contribution in [3.8, 4) is 11.5 Å². The second kappa shape index (κ2) is 6.32. The summed E-state index contributed by atoms with van der Waals surface area (Å²) in [5.74, 6) is -0.689. The van der Waals surface area contributed by atoms with Gasteiger partial charge in [0.1, 0.15) is 12.2 Å². The number of benzene rings is 1. The molecule has 1 aromatic carbocycles. The first-order chi connectivity index (χ1) is 8.10. The number of hydrogen-bond acceptors (Lipinski definition) is 4. The molecule has 1 rings (SSSR count). The topological polar surface area (TPSA) is 65.0 Å². The molecule has 1 aromatic rings. The first-order valence-electron chi connectivity index (χ1n) is 4.82. The van der Waals surface area contributed by atoms with Gasteiger partial charge in [-0.25, -0.2) is 4.79 Å².